The Kier molecular flexibility index (Phi) is 1.85. The molecule has 0 saturated heterocycles. The van der Waals surface area contributed by atoms with Crippen LogP contribution in [0.1, 0.15) is 10.4 Å². The molecule has 0 aromatic heterocycles. The van der Waals surface area contributed by atoms with Crippen molar-refractivity contribution in [2.75, 3.05) is 0 Å². The van der Waals surface area contributed by atoms with E-state index in [4.69, 9.17) is 7.85 Å². The smallest absolute Gasteiger partial charge is 0.149 e. The summed E-state index contributed by atoms with van der Waals surface area (Å²) in [5.41, 5.74) is 0.497. The van der Waals surface area contributed by atoms with E-state index in [0.717, 1.165) is 6.07 Å². The van der Waals surface area contributed by atoms with Crippen LogP contribution < -0.4 is 5.46 Å². The van der Waals surface area contributed by atoms with Crippen LogP contribution in [0.4, 0.5) is 4.39 Å². The topological polar surface area (TPSA) is 17.1 Å². The normalized spacial score (nSPS) is 9.30. The molecule has 0 bridgehead atoms. The van der Waals surface area contributed by atoms with Gasteiger partial charge in [-0.1, -0.05) is 5.46 Å². The van der Waals surface area contributed by atoms with Crippen LogP contribution in [0.15, 0.2) is 18.2 Å². The summed E-state index contributed by atoms with van der Waals surface area (Å²) in [6.07, 6.45) is 0.592. The molecule has 2 radical (unpaired) electrons. The molecule has 1 aromatic rings. The van der Waals surface area contributed by atoms with Gasteiger partial charge in [-0.25, -0.2) is 4.39 Å². The predicted molar refractivity (Wildman–Crippen MR) is 37.2 cm³/mol. The molecule has 1 rings (SSSR count). The van der Waals surface area contributed by atoms with Crippen molar-refractivity contribution in [3.8, 4) is 0 Å². The zero-order valence-corrected chi connectivity index (χ0v) is 5.17. The van der Waals surface area contributed by atoms with Gasteiger partial charge in [-0.15, -0.1) is 0 Å². The lowest BCUT2D eigenvalue weighted by atomic mass is 9.91. The van der Waals surface area contributed by atoms with E-state index in [1.54, 1.807) is 0 Å². The fourth-order valence-corrected chi connectivity index (χ4v) is 0.653. The SMILES string of the molecule is [B]c1cc(F)ccc1C=O. The first-order valence-corrected chi connectivity index (χ1v) is 2.74. The molecule has 0 unspecified atom stereocenters. The summed E-state index contributed by atoms with van der Waals surface area (Å²) in [6.45, 7) is 0. The highest BCUT2D eigenvalue weighted by Crippen LogP contribution is 1.95. The molecule has 0 aliphatic carbocycles. The molecule has 1 nitrogen and oxygen atoms in total. The molecule has 0 aliphatic heterocycles. The summed E-state index contributed by atoms with van der Waals surface area (Å²) < 4.78 is 12.3. The molecule has 10 heavy (non-hydrogen) atoms. The third-order valence-electron chi connectivity index (χ3n) is 1.18. The molecule has 1 aromatic carbocycles. The van der Waals surface area contributed by atoms with E-state index in [9.17, 15) is 9.18 Å². The van der Waals surface area contributed by atoms with Gasteiger partial charge in [-0.2, -0.15) is 0 Å². The van der Waals surface area contributed by atoms with Gasteiger partial charge in [0, 0.05) is 5.56 Å². The summed E-state index contributed by atoms with van der Waals surface area (Å²) >= 11 is 0. The van der Waals surface area contributed by atoms with Crippen LogP contribution in [-0.4, -0.2) is 14.1 Å². The molecule has 0 aliphatic rings. The first-order valence-electron chi connectivity index (χ1n) is 2.74. The van der Waals surface area contributed by atoms with Crippen LogP contribution in [-0.2, 0) is 0 Å². The first kappa shape index (κ1) is 7.00. The summed E-state index contributed by atoms with van der Waals surface area (Å²) in [7, 11) is 5.26. The molecule has 0 fully saturated rings. The van der Waals surface area contributed by atoms with Crippen molar-refractivity contribution >= 4 is 19.6 Å². The Hall–Kier alpha value is -1.12. The van der Waals surface area contributed by atoms with Crippen molar-refractivity contribution in [1.82, 2.24) is 0 Å². The molecule has 0 spiro atoms. The highest BCUT2D eigenvalue weighted by Gasteiger charge is 1.95. The van der Waals surface area contributed by atoms with E-state index < -0.39 is 5.82 Å². The first-order chi connectivity index (χ1) is 4.74. The second-order valence-electron chi connectivity index (χ2n) is 1.89. The van der Waals surface area contributed by atoms with Gasteiger partial charge in [0.05, 0.1) is 0 Å². The fourth-order valence-electron chi connectivity index (χ4n) is 0.653. The van der Waals surface area contributed by atoms with E-state index in [-0.39, 0.29) is 5.46 Å². The second-order valence-corrected chi connectivity index (χ2v) is 1.89. The van der Waals surface area contributed by atoms with E-state index in [0.29, 0.717) is 11.8 Å². The highest BCUT2D eigenvalue weighted by atomic mass is 19.1. The molecule has 0 heterocycles. The Morgan fingerprint density at radius 1 is 1.50 bits per heavy atom. The van der Waals surface area contributed by atoms with Gasteiger partial charge < -0.3 is 0 Å². The lowest BCUT2D eigenvalue weighted by Gasteiger charge is -1.95. The lowest BCUT2D eigenvalue weighted by Crippen LogP contribution is -2.09. The Balaban J connectivity index is 3.19. The number of hydrogen-bond acceptors (Lipinski definition) is 1. The molecule has 48 valence electrons. The van der Waals surface area contributed by atoms with Gasteiger partial charge in [-0.3, -0.25) is 4.79 Å². The summed E-state index contributed by atoms with van der Waals surface area (Å²) in [5, 5.41) is 0. The largest absolute Gasteiger partial charge is 0.298 e. The average molecular weight is 134 g/mol. The zero-order chi connectivity index (χ0) is 7.56. The van der Waals surface area contributed by atoms with Gasteiger partial charge in [0.2, 0.25) is 0 Å². The standard InChI is InChI=1S/C7H4BFO/c8-7-3-6(9)2-1-5(7)4-10/h1-4H. The maximum absolute atomic E-state index is 12.3. The minimum atomic E-state index is -0.428. The summed E-state index contributed by atoms with van der Waals surface area (Å²) in [4.78, 5) is 10.1. The van der Waals surface area contributed by atoms with Crippen LogP contribution in [0, 0.1) is 5.82 Å². The molecule has 0 atom stereocenters. The van der Waals surface area contributed by atoms with Gasteiger partial charge in [0.15, 0.2) is 0 Å². The molecule has 0 N–H and O–H groups in total. The van der Waals surface area contributed by atoms with Gasteiger partial charge in [0.25, 0.3) is 0 Å². The minimum Gasteiger partial charge on any atom is -0.298 e. The van der Waals surface area contributed by atoms with Crippen molar-refractivity contribution in [2.24, 2.45) is 0 Å². The van der Waals surface area contributed by atoms with Crippen LogP contribution in [0.2, 0.25) is 0 Å². The number of rotatable bonds is 1. The van der Waals surface area contributed by atoms with Crippen LogP contribution >= 0.6 is 0 Å². The van der Waals surface area contributed by atoms with Gasteiger partial charge in [0.1, 0.15) is 19.9 Å². The van der Waals surface area contributed by atoms with Crippen LogP contribution in [0.3, 0.4) is 0 Å². The molecular formula is C7H4BFO. The number of hydrogen-bond donors (Lipinski definition) is 0. The summed E-state index contributed by atoms with van der Waals surface area (Å²) in [5.74, 6) is -0.428. The van der Waals surface area contributed by atoms with Gasteiger partial charge in [-0.05, 0) is 18.2 Å². The van der Waals surface area contributed by atoms with E-state index in [1.165, 1.54) is 12.1 Å². The molecule has 0 amide bonds. The van der Waals surface area contributed by atoms with E-state index in [1.807, 2.05) is 0 Å². The van der Waals surface area contributed by atoms with Crippen molar-refractivity contribution in [3.05, 3.63) is 29.6 Å². The average Bonchev–Trinajstić information content (AvgIpc) is 1.88. The Morgan fingerprint density at radius 3 is 2.70 bits per heavy atom. The van der Waals surface area contributed by atoms with Crippen molar-refractivity contribution in [1.29, 1.82) is 0 Å². The Bertz CT molecular complexity index is 260. The fraction of sp³-hybridized carbons (Fsp3) is 0. The number of aldehydes is 1. The second kappa shape index (κ2) is 2.65. The predicted octanol–water partition coefficient (Wildman–Crippen LogP) is 0.432. The maximum Gasteiger partial charge on any atom is 0.149 e. The van der Waals surface area contributed by atoms with Crippen molar-refractivity contribution < 1.29 is 9.18 Å². The van der Waals surface area contributed by atoms with E-state index in [2.05, 4.69) is 0 Å². The quantitative estimate of drug-likeness (QED) is 0.402. The van der Waals surface area contributed by atoms with Crippen LogP contribution in [0.5, 0.6) is 0 Å². The van der Waals surface area contributed by atoms with Crippen molar-refractivity contribution in [2.45, 2.75) is 0 Å². The Labute approximate surface area is 59.3 Å². The zero-order valence-electron chi connectivity index (χ0n) is 5.17. The maximum atomic E-state index is 12.3. The molecule has 3 heteroatoms. The number of carbonyl (C=O) groups is 1. The third-order valence-corrected chi connectivity index (χ3v) is 1.18. The molecular weight excluding hydrogens is 130 g/mol. The van der Waals surface area contributed by atoms with Gasteiger partial charge >= 0.3 is 0 Å². The lowest BCUT2D eigenvalue weighted by molar-refractivity contribution is 0.112. The molecule has 0 saturated carbocycles. The summed E-state index contributed by atoms with van der Waals surface area (Å²) in [6, 6.07) is 3.65. The van der Waals surface area contributed by atoms with Crippen LogP contribution in [0.25, 0.3) is 0 Å². The third kappa shape index (κ3) is 1.24. The number of carbonyl (C=O) groups excluding carboxylic acids is 1. The number of halogens is 1. The highest BCUT2D eigenvalue weighted by molar-refractivity contribution is 6.35. The Morgan fingerprint density at radius 2 is 2.20 bits per heavy atom. The number of benzene rings is 1. The minimum absolute atomic E-state index is 0.176. The van der Waals surface area contributed by atoms with Crippen molar-refractivity contribution in [3.63, 3.8) is 0 Å². The van der Waals surface area contributed by atoms with E-state index >= 15 is 0 Å². The monoisotopic (exact) mass is 134 g/mol.